The average Bonchev–Trinajstić information content (AvgIpc) is 2.78. The van der Waals surface area contributed by atoms with Crippen LogP contribution < -0.4 is 0 Å². The lowest BCUT2D eigenvalue weighted by molar-refractivity contribution is 0.675. The van der Waals surface area contributed by atoms with Crippen LogP contribution in [0.5, 0.6) is 0 Å². The molecule has 1 aromatic heterocycles. The van der Waals surface area contributed by atoms with E-state index in [1.165, 1.54) is 0 Å². The smallest absolute Gasteiger partial charge is 0.191 e. The molecule has 3 rings (SSSR count). The molecule has 0 spiro atoms. The van der Waals surface area contributed by atoms with E-state index in [9.17, 15) is 0 Å². The number of aromatic nitrogens is 3. The van der Waals surface area contributed by atoms with Crippen molar-refractivity contribution in [2.24, 2.45) is 0 Å². The number of hydrogen-bond acceptors (Lipinski definition) is 3. The molecule has 82 valence electrons. The average molecular weight is 252 g/mol. The predicted octanol–water partition coefficient (Wildman–Crippen LogP) is 3.09. The van der Waals surface area contributed by atoms with Crippen molar-refractivity contribution in [3.63, 3.8) is 0 Å². The highest BCUT2D eigenvalue weighted by Crippen LogP contribution is 2.35. The largest absolute Gasteiger partial charge is 0.301 e. The molecule has 2 heterocycles. The molecule has 3 nitrogen and oxygen atoms in total. The van der Waals surface area contributed by atoms with Crippen molar-refractivity contribution in [2.45, 2.75) is 23.9 Å². The Bertz CT molecular complexity index is 538. The summed E-state index contributed by atoms with van der Waals surface area (Å²) < 4.78 is 2.14. The summed E-state index contributed by atoms with van der Waals surface area (Å²) in [4.78, 5) is 0. The fourth-order valence-corrected chi connectivity index (χ4v) is 3.04. The Kier molecular flexibility index (Phi) is 2.41. The van der Waals surface area contributed by atoms with Gasteiger partial charge in [-0.15, -0.1) is 10.2 Å². The second-order valence-corrected chi connectivity index (χ2v) is 5.64. The highest BCUT2D eigenvalue weighted by molar-refractivity contribution is 7.99. The minimum absolute atomic E-state index is 0.562. The van der Waals surface area contributed by atoms with Gasteiger partial charge in [0.1, 0.15) is 0 Å². The first-order chi connectivity index (χ1) is 7.75. The van der Waals surface area contributed by atoms with Crippen LogP contribution in [0.4, 0.5) is 0 Å². The zero-order chi connectivity index (χ0) is 11.1. The summed E-state index contributed by atoms with van der Waals surface area (Å²) in [5, 5.41) is 10.7. The number of benzene rings is 1. The number of nitrogens with zero attached hydrogens (tertiary/aromatic N) is 3. The third-order valence-electron chi connectivity index (χ3n) is 2.58. The van der Waals surface area contributed by atoms with E-state index in [1.54, 1.807) is 11.8 Å². The summed E-state index contributed by atoms with van der Waals surface area (Å²) >= 11 is 7.92. The van der Waals surface area contributed by atoms with Crippen LogP contribution in [-0.4, -0.2) is 20.0 Å². The molecule has 0 bridgehead atoms. The quantitative estimate of drug-likeness (QED) is 0.780. The molecule has 1 atom stereocenters. The molecule has 2 aromatic rings. The summed E-state index contributed by atoms with van der Waals surface area (Å²) in [6, 6.07) is 7.75. The van der Waals surface area contributed by atoms with E-state index in [-0.39, 0.29) is 0 Å². The molecule has 0 amide bonds. The summed E-state index contributed by atoms with van der Waals surface area (Å²) in [5.74, 6) is 0.873. The summed E-state index contributed by atoms with van der Waals surface area (Å²) in [6.07, 6.45) is 0. The third kappa shape index (κ3) is 1.53. The van der Waals surface area contributed by atoms with Gasteiger partial charge in [-0.25, -0.2) is 0 Å². The molecule has 16 heavy (non-hydrogen) atoms. The number of hydrogen-bond donors (Lipinski definition) is 0. The molecule has 0 saturated carbocycles. The molecule has 1 aliphatic rings. The van der Waals surface area contributed by atoms with Crippen molar-refractivity contribution < 1.29 is 0 Å². The fourth-order valence-electron chi connectivity index (χ4n) is 1.86. The van der Waals surface area contributed by atoms with Gasteiger partial charge in [0.25, 0.3) is 0 Å². The monoisotopic (exact) mass is 251 g/mol. The van der Waals surface area contributed by atoms with E-state index >= 15 is 0 Å². The second-order valence-electron chi connectivity index (χ2n) is 3.83. The second kappa shape index (κ2) is 3.79. The molecule has 1 aliphatic heterocycles. The first kappa shape index (κ1) is 10.2. The van der Waals surface area contributed by atoms with Gasteiger partial charge in [-0.05, 0) is 12.1 Å². The molecular weight excluding hydrogens is 242 g/mol. The Morgan fingerprint density at radius 3 is 3.00 bits per heavy atom. The maximum Gasteiger partial charge on any atom is 0.191 e. The Labute approximate surface area is 103 Å². The Hall–Kier alpha value is -1.000. The molecule has 0 saturated heterocycles. The third-order valence-corrected chi connectivity index (χ3v) is 3.97. The molecule has 0 unspecified atom stereocenters. The minimum atomic E-state index is 0.562. The van der Waals surface area contributed by atoms with Gasteiger partial charge in [-0.3, -0.25) is 0 Å². The Morgan fingerprint density at radius 1 is 1.38 bits per heavy atom. The predicted molar refractivity (Wildman–Crippen MR) is 65.8 cm³/mol. The Balaban J connectivity index is 2.12. The summed E-state index contributed by atoms with van der Waals surface area (Å²) in [5.41, 5.74) is 0.956. The van der Waals surface area contributed by atoms with Crippen LogP contribution in [0.15, 0.2) is 29.4 Å². The lowest BCUT2D eigenvalue weighted by Gasteiger charge is -2.05. The van der Waals surface area contributed by atoms with E-state index in [0.29, 0.717) is 5.25 Å². The molecular formula is C11H10ClN3S. The molecule has 0 fully saturated rings. The van der Waals surface area contributed by atoms with Gasteiger partial charge >= 0.3 is 0 Å². The van der Waals surface area contributed by atoms with E-state index < -0.39 is 0 Å². The standard InChI is InChI=1S/C11H10ClN3S/c1-7-6-15-10(13-14-11(15)16-7)8-4-2-3-5-9(8)12/h2-5,7H,6H2,1H3/t7-/m0/s1. The lowest BCUT2D eigenvalue weighted by atomic mass is 10.2. The van der Waals surface area contributed by atoms with Gasteiger partial charge in [-0.1, -0.05) is 42.4 Å². The molecule has 1 aromatic carbocycles. The van der Waals surface area contributed by atoms with Crippen molar-refractivity contribution in [1.29, 1.82) is 0 Å². The van der Waals surface area contributed by atoms with E-state index in [1.807, 2.05) is 24.3 Å². The number of thioether (sulfide) groups is 1. The summed E-state index contributed by atoms with van der Waals surface area (Å²) in [7, 11) is 0. The molecule has 0 aliphatic carbocycles. The number of fused-ring (bicyclic) bond motifs is 1. The van der Waals surface area contributed by atoms with Crippen LogP contribution in [0.25, 0.3) is 11.4 Å². The van der Waals surface area contributed by atoms with Crippen LogP contribution >= 0.6 is 23.4 Å². The number of rotatable bonds is 1. The topological polar surface area (TPSA) is 30.7 Å². The lowest BCUT2D eigenvalue weighted by Crippen LogP contribution is -2.02. The number of halogens is 1. The van der Waals surface area contributed by atoms with Crippen LogP contribution in [0.1, 0.15) is 6.92 Å². The van der Waals surface area contributed by atoms with Gasteiger partial charge in [0, 0.05) is 17.4 Å². The van der Waals surface area contributed by atoms with E-state index in [2.05, 4.69) is 21.7 Å². The van der Waals surface area contributed by atoms with Crippen molar-refractivity contribution >= 4 is 23.4 Å². The zero-order valence-electron chi connectivity index (χ0n) is 8.72. The van der Waals surface area contributed by atoms with E-state index in [0.717, 1.165) is 28.1 Å². The van der Waals surface area contributed by atoms with Crippen molar-refractivity contribution in [2.75, 3.05) is 0 Å². The van der Waals surface area contributed by atoms with Crippen molar-refractivity contribution in [1.82, 2.24) is 14.8 Å². The van der Waals surface area contributed by atoms with Crippen LogP contribution in [0.3, 0.4) is 0 Å². The molecule has 0 N–H and O–H groups in total. The maximum atomic E-state index is 6.17. The van der Waals surface area contributed by atoms with Gasteiger partial charge in [0.2, 0.25) is 0 Å². The minimum Gasteiger partial charge on any atom is -0.301 e. The highest BCUT2D eigenvalue weighted by atomic mass is 35.5. The van der Waals surface area contributed by atoms with Crippen molar-refractivity contribution in [3.05, 3.63) is 29.3 Å². The molecule has 0 radical (unpaired) electrons. The van der Waals surface area contributed by atoms with Crippen LogP contribution in [0, 0.1) is 0 Å². The molecule has 5 heteroatoms. The van der Waals surface area contributed by atoms with Gasteiger partial charge in [0.05, 0.1) is 5.02 Å². The van der Waals surface area contributed by atoms with Crippen LogP contribution in [-0.2, 0) is 6.54 Å². The first-order valence-electron chi connectivity index (χ1n) is 5.10. The maximum absolute atomic E-state index is 6.17. The van der Waals surface area contributed by atoms with Gasteiger partial charge in [-0.2, -0.15) is 0 Å². The van der Waals surface area contributed by atoms with Gasteiger partial charge in [0.15, 0.2) is 11.0 Å². The summed E-state index contributed by atoms with van der Waals surface area (Å²) in [6.45, 7) is 3.14. The van der Waals surface area contributed by atoms with Gasteiger partial charge < -0.3 is 4.57 Å². The Morgan fingerprint density at radius 2 is 2.19 bits per heavy atom. The zero-order valence-corrected chi connectivity index (χ0v) is 10.3. The first-order valence-corrected chi connectivity index (χ1v) is 6.36. The normalized spacial score (nSPS) is 18.8. The van der Waals surface area contributed by atoms with E-state index in [4.69, 9.17) is 11.6 Å². The van der Waals surface area contributed by atoms with Crippen molar-refractivity contribution in [3.8, 4) is 11.4 Å². The SMILES string of the molecule is C[C@H]1Cn2c(nnc2-c2ccccc2Cl)S1. The van der Waals surface area contributed by atoms with Crippen LogP contribution in [0.2, 0.25) is 5.02 Å². The fraction of sp³-hybridized carbons (Fsp3) is 0.273. The highest BCUT2D eigenvalue weighted by Gasteiger charge is 2.24.